The highest BCUT2D eigenvalue weighted by Crippen LogP contribution is 2.37. The van der Waals surface area contributed by atoms with Crippen molar-refractivity contribution in [1.29, 1.82) is 0 Å². The lowest BCUT2D eigenvalue weighted by Gasteiger charge is -2.28. The first-order chi connectivity index (χ1) is 6.99. The Morgan fingerprint density at radius 2 is 1.87 bits per heavy atom. The van der Waals surface area contributed by atoms with E-state index < -0.39 is 11.9 Å². The molecule has 0 radical (unpaired) electrons. The van der Waals surface area contributed by atoms with Crippen molar-refractivity contribution in [2.75, 3.05) is 0 Å². The van der Waals surface area contributed by atoms with Gasteiger partial charge in [-0.1, -0.05) is 12.8 Å². The lowest BCUT2D eigenvalue weighted by molar-refractivity contribution is -0.137. The SMILES string of the molecule is O=C(O)CCCCC1CCC(F)(F)CC1. The summed E-state index contributed by atoms with van der Waals surface area (Å²) < 4.78 is 25.6. The van der Waals surface area contributed by atoms with Crippen LogP contribution in [0.25, 0.3) is 0 Å². The van der Waals surface area contributed by atoms with E-state index >= 15 is 0 Å². The third-order valence-electron chi connectivity index (χ3n) is 3.09. The van der Waals surface area contributed by atoms with E-state index in [0.717, 1.165) is 12.8 Å². The minimum Gasteiger partial charge on any atom is -0.481 e. The van der Waals surface area contributed by atoms with Crippen LogP contribution in [0.5, 0.6) is 0 Å². The van der Waals surface area contributed by atoms with Crippen molar-refractivity contribution in [3.05, 3.63) is 0 Å². The zero-order valence-corrected chi connectivity index (χ0v) is 8.85. The average molecular weight is 220 g/mol. The number of alkyl halides is 2. The van der Waals surface area contributed by atoms with Gasteiger partial charge < -0.3 is 5.11 Å². The Morgan fingerprint density at radius 3 is 2.40 bits per heavy atom. The predicted octanol–water partition coefficient (Wildman–Crippen LogP) is 3.46. The van der Waals surface area contributed by atoms with Crippen molar-refractivity contribution in [2.24, 2.45) is 5.92 Å². The quantitative estimate of drug-likeness (QED) is 0.720. The van der Waals surface area contributed by atoms with Gasteiger partial charge >= 0.3 is 5.97 Å². The molecule has 1 aliphatic carbocycles. The molecule has 0 bridgehead atoms. The number of halogens is 2. The first-order valence-corrected chi connectivity index (χ1v) is 5.59. The van der Waals surface area contributed by atoms with Gasteiger partial charge in [0.15, 0.2) is 0 Å². The fourth-order valence-electron chi connectivity index (χ4n) is 2.10. The van der Waals surface area contributed by atoms with Crippen LogP contribution >= 0.6 is 0 Å². The summed E-state index contributed by atoms with van der Waals surface area (Å²) >= 11 is 0. The average Bonchev–Trinajstić information content (AvgIpc) is 2.14. The number of unbranched alkanes of at least 4 members (excludes halogenated alkanes) is 1. The summed E-state index contributed by atoms with van der Waals surface area (Å²) in [4.78, 5) is 10.2. The number of hydrogen-bond donors (Lipinski definition) is 1. The van der Waals surface area contributed by atoms with E-state index in [1.807, 2.05) is 0 Å². The van der Waals surface area contributed by atoms with Crippen LogP contribution in [0.15, 0.2) is 0 Å². The highest BCUT2D eigenvalue weighted by atomic mass is 19.3. The highest BCUT2D eigenvalue weighted by molar-refractivity contribution is 5.66. The number of carboxylic acid groups (broad SMARTS) is 1. The van der Waals surface area contributed by atoms with Gasteiger partial charge in [-0.15, -0.1) is 0 Å². The smallest absolute Gasteiger partial charge is 0.303 e. The fourth-order valence-corrected chi connectivity index (χ4v) is 2.10. The molecule has 0 aromatic carbocycles. The molecular formula is C11H18F2O2. The van der Waals surface area contributed by atoms with Gasteiger partial charge in [0.2, 0.25) is 5.92 Å². The standard InChI is InChI=1S/C11H18F2O2/c12-11(13)7-5-9(6-8-11)3-1-2-4-10(14)15/h9H,1-8H2,(H,14,15). The van der Waals surface area contributed by atoms with Crippen LogP contribution in [0.3, 0.4) is 0 Å². The molecule has 2 nitrogen and oxygen atoms in total. The zero-order chi connectivity index (χ0) is 11.3. The zero-order valence-electron chi connectivity index (χ0n) is 8.85. The number of aliphatic carboxylic acids is 1. The molecule has 1 N–H and O–H groups in total. The Morgan fingerprint density at radius 1 is 1.27 bits per heavy atom. The van der Waals surface area contributed by atoms with E-state index in [1.54, 1.807) is 0 Å². The Kier molecular flexibility index (Phi) is 4.48. The van der Waals surface area contributed by atoms with Crippen molar-refractivity contribution >= 4 is 5.97 Å². The van der Waals surface area contributed by atoms with Crippen molar-refractivity contribution in [2.45, 2.75) is 57.3 Å². The summed E-state index contributed by atoms with van der Waals surface area (Å²) in [6, 6.07) is 0. The van der Waals surface area contributed by atoms with Crippen LogP contribution in [0, 0.1) is 5.92 Å². The van der Waals surface area contributed by atoms with Gasteiger partial charge in [0, 0.05) is 19.3 Å². The van der Waals surface area contributed by atoms with Gasteiger partial charge in [-0.3, -0.25) is 4.79 Å². The summed E-state index contributed by atoms with van der Waals surface area (Å²) in [6.07, 6.45) is 3.84. The molecule has 88 valence electrons. The summed E-state index contributed by atoms with van der Waals surface area (Å²) in [5, 5.41) is 8.42. The maximum atomic E-state index is 12.8. The maximum Gasteiger partial charge on any atom is 0.303 e. The van der Waals surface area contributed by atoms with Gasteiger partial charge in [0.25, 0.3) is 0 Å². The molecule has 0 unspecified atom stereocenters. The minimum absolute atomic E-state index is 0.0105. The lowest BCUT2D eigenvalue weighted by Crippen LogP contribution is -2.24. The van der Waals surface area contributed by atoms with E-state index in [2.05, 4.69) is 0 Å². The van der Waals surface area contributed by atoms with Gasteiger partial charge in [0.05, 0.1) is 0 Å². The van der Waals surface area contributed by atoms with Crippen LogP contribution in [0.2, 0.25) is 0 Å². The lowest BCUT2D eigenvalue weighted by atomic mass is 9.83. The topological polar surface area (TPSA) is 37.3 Å². The fraction of sp³-hybridized carbons (Fsp3) is 0.909. The molecule has 15 heavy (non-hydrogen) atoms. The Hall–Kier alpha value is -0.670. The van der Waals surface area contributed by atoms with E-state index in [-0.39, 0.29) is 19.3 Å². The molecule has 0 spiro atoms. The monoisotopic (exact) mass is 220 g/mol. The Balaban J connectivity index is 2.06. The summed E-state index contributed by atoms with van der Waals surface area (Å²) in [5.41, 5.74) is 0. The molecule has 0 atom stereocenters. The first-order valence-electron chi connectivity index (χ1n) is 5.59. The van der Waals surface area contributed by atoms with Crippen LogP contribution in [0.4, 0.5) is 8.78 Å². The predicted molar refractivity (Wildman–Crippen MR) is 53.0 cm³/mol. The molecule has 0 aliphatic heterocycles. The largest absolute Gasteiger partial charge is 0.481 e. The molecule has 1 aliphatic rings. The molecule has 1 fully saturated rings. The van der Waals surface area contributed by atoms with Gasteiger partial charge in [-0.05, 0) is 25.2 Å². The number of carbonyl (C=O) groups is 1. The van der Waals surface area contributed by atoms with Crippen molar-refractivity contribution < 1.29 is 18.7 Å². The van der Waals surface area contributed by atoms with Crippen LogP contribution in [0.1, 0.15) is 51.4 Å². The Labute approximate surface area is 88.7 Å². The van der Waals surface area contributed by atoms with Gasteiger partial charge in [0.1, 0.15) is 0 Å². The Bertz CT molecular complexity index is 207. The second kappa shape index (κ2) is 5.42. The maximum absolute atomic E-state index is 12.8. The third-order valence-corrected chi connectivity index (χ3v) is 3.09. The second-order valence-corrected chi connectivity index (χ2v) is 4.44. The second-order valence-electron chi connectivity index (χ2n) is 4.44. The number of rotatable bonds is 5. The summed E-state index contributed by atoms with van der Waals surface area (Å²) in [5.74, 6) is -2.83. The molecule has 0 aromatic heterocycles. The van der Waals surface area contributed by atoms with E-state index in [9.17, 15) is 13.6 Å². The molecule has 0 amide bonds. The number of carboxylic acids is 1. The van der Waals surface area contributed by atoms with Crippen LogP contribution < -0.4 is 0 Å². The molecule has 0 saturated heterocycles. The third kappa shape index (κ3) is 5.09. The van der Waals surface area contributed by atoms with E-state index in [4.69, 9.17) is 5.11 Å². The molecule has 0 heterocycles. The van der Waals surface area contributed by atoms with Crippen molar-refractivity contribution in [3.8, 4) is 0 Å². The van der Waals surface area contributed by atoms with Gasteiger partial charge in [-0.2, -0.15) is 0 Å². The molecule has 1 rings (SSSR count). The van der Waals surface area contributed by atoms with Crippen LogP contribution in [-0.4, -0.2) is 17.0 Å². The molecule has 4 heteroatoms. The normalized spacial score (nSPS) is 21.5. The highest BCUT2D eigenvalue weighted by Gasteiger charge is 2.34. The minimum atomic E-state index is -2.45. The summed E-state index contributed by atoms with van der Waals surface area (Å²) in [6.45, 7) is 0. The van der Waals surface area contributed by atoms with E-state index in [0.29, 0.717) is 25.2 Å². The van der Waals surface area contributed by atoms with Gasteiger partial charge in [-0.25, -0.2) is 8.78 Å². The summed E-state index contributed by atoms with van der Waals surface area (Å²) in [7, 11) is 0. The van der Waals surface area contributed by atoms with E-state index in [1.165, 1.54) is 0 Å². The number of hydrogen-bond acceptors (Lipinski definition) is 1. The molecular weight excluding hydrogens is 202 g/mol. The first kappa shape index (κ1) is 12.4. The van der Waals surface area contributed by atoms with Crippen LogP contribution in [-0.2, 0) is 4.79 Å². The molecule has 0 aromatic rings. The molecule has 1 saturated carbocycles. The van der Waals surface area contributed by atoms with Crippen molar-refractivity contribution in [3.63, 3.8) is 0 Å². The van der Waals surface area contributed by atoms with Crippen molar-refractivity contribution in [1.82, 2.24) is 0 Å².